The Hall–Kier alpha value is -2.49. The Morgan fingerprint density at radius 3 is 2.44 bits per heavy atom. The zero-order valence-electron chi connectivity index (χ0n) is 15.5. The summed E-state index contributed by atoms with van der Waals surface area (Å²) in [7, 11) is 1.61. The lowest BCUT2D eigenvalue weighted by atomic mass is 9.87. The van der Waals surface area contributed by atoms with E-state index in [1.165, 1.54) is 0 Å². The molecule has 4 heteroatoms. The second-order valence-electron chi connectivity index (χ2n) is 6.98. The Bertz CT molecular complexity index is 690. The molecule has 2 aromatic rings. The van der Waals surface area contributed by atoms with Crippen LogP contribution < -0.4 is 14.8 Å². The molecule has 0 fully saturated rings. The number of carbonyl (C=O) groups is 1. The number of methoxy groups -OCH3 is 1. The monoisotopic (exact) mass is 341 g/mol. The van der Waals surface area contributed by atoms with Crippen LogP contribution in [-0.2, 0) is 10.2 Å². The number of carbonyl (C=O) groups excluding carboxylic acids is 1. The average molecular weight is 341 g/mol. The minimum Gasteiger partial charge on any atom is -0.495 e. The highest BCUT2D eigenvalue weighted by atomic mass is 16.5. The predicted molar refractivity (Wildman–Crippen MR) is 101 cm³/mol. The van der Waals surface area contributed by atoms with Crippen LogP contribution in [0, 0.1) is 0 Å². The van der Waals surface area contributed by atoms with Crippen molar-refractivity contribution in [1.82, 2.24) is 0 Å². The molecule has 0 aliphatic carbocycles. The number of ether oxygens (including phenoxy) is 2. The van der Waals surface area contributed by atoms with E-state index < -0.39 is 0 Å². The van der Waals surface area contributed by atoms with Crippen molar-refractivity contribution >= 4 is 11.6 Å². The van der Waals surface area contributed by atoms with Crippen LogP contribution in [0.5, 0.6) is 11.5 Å². The molecule has 0 heterocycles. The standard InChI is InChI=1S/C21H27NO3/c1-21(2,3)16-12-13-19(24-4)18(15-16)22-20(23)11-8-14-25-17-9-6-5-7-10-17/h5-7,9-10,12-13,15H,8,11,14H2,1-4H3,(H,22,23). The molecule has 0 radical (unpaired) electrons. The molecule has 0 bridgehead atoms. The fourth-order valence-corrected chi connectivity index (χ4v) is 2.42. The maximum Gasteiger partial charge on any atom is 0.224 e. The molecule has 0 saturated carbocycles. The van der Waals surface area contributed by atoms with E-state index in [2.05, 4.69) is 26.1 Å². The Kier molecular flexibility index (Phi) is 6.45. The van der Waals surface area contributed by atoms with Crippen molar-refractivity contribution in [3.8, 4) is 11.5 Å². The van der Waals surface area contributed by atoms with Gasteiger partial charge in [-0.25, -0.2) is 0 Å². The summed E-state index contributed by atoms with van der Waals surface area (Å²) in [6.45, 7) is 6.93. The van der Waals surface area contributed by atoms with Gasteiger partial charge >= 0.3 is 0 Å². The van der Waals surface area contributed by atoms with Crippen LogP contribution in [0.15, 0.2) is 48.5 Å². The van der Waals surface area contributed by atoms with Crippen LogP contribution in [0.3, 0.4) is 0 Å². The van der Waals surface area contributed by atoms with Gasteiger partial charge in [0, 0.05) is 6.42 Å². The number of anilines is 1. The lowest BCUT2D eigenvalue weighted by Crippen LogP contribution is -2.16. The van der Waals surface area contributed by atoms with E-state index in [-0.39, 0.29) is 11.3 Å². The number of hydrogen-bond acceptors (Lipinski definition) is 3. The molecule has 0 atom stereocenters. The quantitative estimate of drug-likeness (QED) is 0.737. The number of benzene rings is 2. The van der Waals surface area contributed by atoms with Crippen LogP contribution in [0.1, 0.15) is 39.2 Å². The molecule has 2 aromatic carbocycles. The van der Waals surface area contributed by atoms with Gasteiger partial charge < -0.3 is 14.8 Å². The summed E-state index contributed by atoms with van der Waals surface area (Å²) in [4.78, 5) is 12.2. The van der Waals surface area contributed by atoms with Crippen LogP contribution in [0.2, 0.25) is 0 Å². The first kappa shape index (κ1) is 18.8. The maximum absolute atomic E-state index is 12.2. The van der Waals surface area contributed by atoms with Crippen molar-refractivity contribution in [3.63, 3.8) is 0 Å². The Morgan fingerprint density at radius 2 is 1.80 bits per heavy atom. The fraction of sp³-hybridized carbons (Fsp3) is 0.381. The van der Waals surface area contributed by atoms with Crippen molar-refractivity contribution in [2.45, 2.75) is 39.0 Å². The summed E-state index contributed by atoms with van der Waals surface area (Å²) in [6, 6.07) is 15.5. The van der Waals surface area contributed by atoms with Gasteiger partial charge in [-0.05, 0) is 41.7 Å². The molecule has 1 N–H and O–H groups in total. The van der Waals surface area contributed by atoms with Gasteiger partial charge in [0.05, 0.1) is 19.4 Å². The van der Waals surface area contributed by atoms with Crippen LogP contribution in [-0.4, -0.2) is 19.6 Å². The maximum atomic E-state index is 12.2. The SMILES string of the molecule is COc1ccc(C(C)(C)C)cc1NC(=O)CCCOc1ccccc1. The molecular weight excluding hydrogens is 314 g/mol. The molecule has 0 aliphatic heterocycles. The van der Waals surface area contributed by atoms with E-state index in [1.807, 2.05) is 48.5 Å². The van der Waals surface area contributed by atoms with E-state index in [0.717, 1.165) is 11.3 Å². The third kappa shape index (κ3) is 5.82. The van der Waals surface area contributed by atoms with Crippen molar-refractivity contribution in [2.75, 3.05) is 19.0 Å². The second kappa shape index (κ2) is 8.56. The Labute approximate surface area is 150 Å². The minimum absolute atomic E-state index is 0.00920. The third-order valence-corrected chi connectivity index (χ3v) is 3.90. The molecule has 4 nitrogen and oxygen atoms in total. The number of rotatable bonds is 7. The molecule has 0 aliphatic rings. The van der Waals surface area contributed by atoms with E-state index in [4.69, 9.17) is 9.47 Å². The molecule has 134 valence electrons. The fourth-order valence-electron chi connectivity index (χ4n) is 2.42. The van der Waals surface area contributed by atoms with Crippen LogP contribution >= 0.6 is 0 Å². The molecule has 0 aromatic heterocycles. The summed E-state index contributed by atoms with van der Waals surface area (Å²) < 4.78 is 11.0. The van der Waals surface area contributed by atoms with Gasteiger partial charge in [0.25, 0.3) is 0 Å². The highest BCUT2D eigenvalue weighted by molar-refractivity contribution is 5.92. The second-order valence-corrected chi connectivity index (χ2v) is 6.98. The van der Waals surface area contributed by atoms with Gasteiger partial charge in [-0.15, -0.1) is 0 Å². The highest BCUT2D eigenvalue weighted by Crippen LogP contribution is 2.31. The van der Waals surface area contributed by atoms with Crippen molar-refractivity contribution < 1.29 is 14.3 Å². The number of hydrogen-bond donors (Lipinski definition) is 1. The van der Waals surface area contributed by atoms with Crippen molar-refractivity contribution in [1.29, 1.82) is 0 Å². The van der Waals surface area contributed by atoms with Gasteiger partial charge in [0.2, 0.25) is 5.91 Å². The first-order chi connectivity index (χ1) is 11.9. The molecule has 0 saturated heterocycles. The summed E-state index contributed by atoms with van der Waals surface area (Å²) in [5.41, 5.74) is 1.87. The summed E-state index contributed by atoms with van der Waals surface area (Å²) in [6.07, 6.45) is 1.05. The molecule has 0 unspecified atom stereocenters. The molecule has 2 rings (SSSR count). The van der Waals surface area contributed by atoms with Gasteiger partial charge in [-0.1, -0.05) is 45.0 Å². The lowest BCUT2D eigenvalue weighted by molar-refractivity contribution is -0.116. The largest absolute Gasteiger partial charge is 0.495 e. The summed E-state index contributed by atoms with van der Waals surface area (Å²) in [5, 5.41) is 2.95. The number of amides is 1. The van der Waals surface area contributed by atoms with Crippen LogP contribution in [0.4, 0.5) is 5.69 Å². The highest BCUT2D eigenvalue weighted by Gasteiger charge is 2.16. The molecule has 1 amide bonds. The smallest absolute Gasteiger partial charge is 0.224 e. The van der Waals surface area contributed by atoms with Gasteiger partial charge in [0.15, 0.2) is 0 Å². The van der Waals surface area contributed by atoms with E-state index in [0.29, 0.717) is 30.9 Å². The molecule has 25 heavy (non-hydrogen) atoms. The van der Waals surface area contributed by atoms with Gasteiger partial charge in [-0.3, -0.25) is 4.79 Å². The van der Waals surface area contributed by atoms with E-state index in [1.54, 1.807) is 7.11 Å². The summed E-state index contributed by atoms with van der Waals surface area (Å²) >= 11 is 0. The molecule has 0 spiro atoms. The lowest BCUT2D eigenvalue weighted by Gasteiger charge is -2.21. The van der Waals surface area contributed by atoms with Crippen LogP contribution in [0.25, 0.3) is 0 Å². The zero-order valence-corrected chi connectivity index (χ0v) is 15.5. The average Bonchev–Trinajstić information content (AvgIpc) is 2.59. The third-order valence-electron chi connectivity index (χ3n) is 3.90. The van der Waals surface area contributed by atoms with Gasteiger partial charge in [0.1, 0.15) is 11.5 Å². The van der Waals surface area contributed by atoms with E-state index >= 15 is 0 Å². The molecular formula is C21H27NO3. The number of para-hydroxylation sites is 1. The predicted octanol–water partition coefficient (Wildman–Crippen LogP) is 4.79. The minimum atomic E-state index is -0.0407. The topological polar surface area (TPSA) is 47.6 Å². The van der Waals surface area contributed by atoms with Crippen molar-refractivity contribution in [2.24, 2.45) is 0 Å². The van der Waals surface area contributed by atoms with Crippen molar-refractivity contribution in [3.05, 3.63) is 54.1 Å². The number of nitrogens with one attached hydrogen (secondary N) is 1. The first-order valence-electron chi connectivity index (χ1n) is 8.56. The Morgan fingerprint density at radius 1 is 1.08 bits per heavy atom. The zero-order chi connectivity index (χ0) is 18.3. The summed E-state index contributed by atoms with van der Waals surface area (Å²) in [5.74, 6) is 1.45. The van der Waals surface area contributed by atoms with E-state index in [9.17, 15) is 4.79 Å². The van der Waals surface area contributed by atoms with Gasteiger partial charge in [-0.2, -0.15) is 0 Å². The normalized spacial score (nSPS) is 11.0. The first-order valence-corrected chi connectivity index (χ1v) is 8.56. The Balaban J connectivity index is 1.89.